The van der Waals surface area contributed by atoms with Crippen LogP contribution in [0.4, 0.5) is 13.2 Å². The predicted molar refractivity (Wildman–Crippen MR) is 66.5 cm³/mol. The highest BCUT2D eigenvalue weighted by Crippen LogP contribution is 2.21. The van der Waals surface area contributed by atoms with Gasteiger partial charge in [-0.05, 0) is 25.3 Å². The Morgan fingerprint density at radius 3 is 2.68 bits per heavy atom. The standard InChI is InChI=1S/C12H21F3N4/c1-10(2)8-19-11(17-9-18-19)7-16-6-4-3-5-12(13,14)15/h9-10,16H,3-8H2,1-2H3. The molecule has 0 bridgehead atoms. The van der Waals surface area contributed by atoms with Crippen LogP contribution in [0.2, 0.25) is 0 Å². The first-order chi connectivity index (χ1) is 8.88. The molecule has 1 N–H and O–H groups in total. The van der Waals surface area contributed by atoms with Gasteiger partial charge in [0.15, 0.2) is 0 Å². The monoisotopic (exact) mass is 278 g/mol. The number of rotatable bonds is 8. The maximum Gasteiger partial charge on any atom is 0.389 e. The van der Waals surface area contributed by atoms with Gasteiger partial charge < -0.3 is 5.32 Å². The van der Waals surface area contributed by atoms with Crippen molar-refractivity contribution in [2.75, 3.05) is 6.54 Å². The zero-order chi connectivity index (χ0) is 14.3. The van der Waals surface area contributed by atoms with Crippen LogP contribution in [0.1, 0.15) is 38.9 Å². The summed E-state index contributed by atoms with van der Waals surface area (Å²) in [6, 6.07) is 0. The van der Waals surface area contributed by atoms with Crippen molar-refractivity contribution in [3.63, 3.8) is 0 Å². The normalized spacial score (nSPS) is 12.3. The van der Waals surface area contributed by atoms with E-state index in [2.05, 4.69) is 29.2 Å². The summed E-state index contributed by atoms with van der Waals surface area (Å²) in [4.78, 5) is 4.14. The number of hydrogen-bond acceptors (Lipinski definition) is 3. The van der Waals surface area contributed by atoms with E-state index in [0.717, 1.165) is 12.4 Å². The molecule has 0 aromatic carbocycles. The molecule has 1 rings (SSSR count). The first kappa shape index (κ1) is 15.9. The third-order valence-electron chi connectivity index (χ3n) is 2.58. The average molecular weight is 278 g/mol. The molecule has 4 nitrogen and oxygen atoms in total. The van der Waals surface area contributed by atoms with Crippen LogP contribution in [-0.2, 0) is 13.1 Å². The number of nitrogens with one attached hydrogen (secondary N) is 1. The van der Waals surface area contributed by atoms with Crippen molar-refractivity contribution in [3.05, 3.63) is 12.2 Å². The van der Waals surface area contributed by atoms with Crippen LogP contribution in [-0.4, -0.2) is 27.5 Å². The summed E-state index contributed by atoms with van der Waals surface area (Å²) in [6.45, 7) is 6.08. The number of hydrogen-bond donors (Lipinski definition) is 1. The van der Waals surface area contributed by atoms with E-state index in [1.807, 2.05) is 4.68 Å². The second-order valence-electron chi connectivity index (χ2n) is 5.00. The maximum absolute atomic E-state index is 11.9. The van der Waals surface area contributed by atoms with Crippen LogP contribution in [0.3, 0.4) is 0 Å². The van der Waals surface area contributed by atoms with Gasteiger partial charge in [0.05, 0.1) is 6.54 Å². The summed E-state index contributed by atoms with van der Waals surface area (Å²) < 4.78 is 37.6. The van der Waals surface area contributed by atoms with Crippen molar-refractivity contribution in [3.8, 4) is 0 Å². The lowest BCUT2D eigenvalue weighted by Crippen LogP contribution is -2.20. The second-order valence-corrected chi connectivity index (χ2v) is 5.00. The maximum atomic E-state index is 11.9. The zero-order valence-corrected chi connectivity index (χ0v) is 11.4. The van der Waals surface area contributed by atoms with E-state index in [-0.39, 0.29) is 6.42 Å². The van der Waals surface area contributed by atoms with Crippen molar-refractivity contribution in [1.29, 1.82) is 0 Å². The van der Waals surface area contributed by atoms with Crippen molar-refractivity contribution in [2.24, 2.45) is 5.92 Å². The fourth-order valence-corrected chi connectivity index (χ4v) is 1.70. The van der Waals surface area contributed by atoms with Gasteiger partial charge in [-0.25, -0.2) is 9.67 Å². The van der Waals surface area contributed by atoms with E-state index in [0.29, 0.717) is 25.4 Å². The van der Waals surface area contributed by atoms with Gasteiger partial charge in [0, 0.05) is 13.0 Å². The Kier molecular flexibility index (Phi) is 6.27. The van der Waals surface area contributed by atoms with Gasteiger partial charge in [0.25, 0.3) is 0 Å². The summed E-state index contributed by atoms with van der Waals surface area (Å²) in [5, 5.41) is 7.22. The highest BCUT2D eigenvalue weighted by Gasteiger charge is 2.25. The van der Waals surface area contributed by atoms with Gasteiger partial charge in [-0.15, -0.1) is 0 Å². The van der Waals surface area contributed by atoms with Crippen LogP contribution < -0.4 is 5.32 Å². The van der Waals surface area contributed by atoms with Crippen molar-refractivity contribution in [2.45, 2.75) is 52.4 Å². The number of unbranched alkanes of at least 4 members (excludes halogenated alkanes) is 1. The summed E-state index contributed by atoms with van der Waals surface area (Å²) in [6.07, 6.45) is -2.58. The van der Waals surface area contributed by atoms with Gasteiger partial charge in [-0.1, -0.05) is 13.8 Å². The third kappa shape index (κ3) is 7.15. The Morgan fingerprint density at radius 1 is 1.32 bits per heavy atom. The number of nitrogens with zero attached hydrogens (tertiary/aromatic N) is 3. The lowest BCUT2D eigenvalue weighted by Gasteiger charge is -2.09. The topological polar surface area (TPSA) is 42.7 Å². The number of alkyl halides is 3. The molecule has 0 saturated carbocycles. The molecule has 0 aliphatic heterocycles. The summed E-state index contributed by atoms with van der Waals surface area (Å²) in [7, 11) is 0. The second kappa shape index (κ2) is 7.47. The third-order valence-corrected chi connectivity index (χ3v) is 2.58. The molecule has 0 aliphatic carbocycles. The van der Waals surface area contributed by atoms with E-state index < -0.39 is 12.6 Å². The van der Waals surface area contributed by atoms with E-state index in [1.165, 1.54) is 6.33 Å². The molecule has 0 amide bonds. The molecule has 110 valence electrons. The minimum absolute atomic E-state index is 0.162. The van der Waals surface area contributed by atoms with Crippen LogP contribution in [0.25, 0.3) is 0 Å². The molecule has 0 unspecified atom stereocenters. The minimum Gasteiger partial charge on any atom is -0.310 e. The zero-order valence-electron chi connectivity index (χ0n) is 11.4. The molecule has 0 radical (unpaired) electrons. The Bertz CT molecular complexity index is 360. The van der Waals surface area contributed by atoms with E-state index in [1.54, 1.807) is 0 Å². The number of aromatic nitrogens is 3. The predicted octanol–water partition coefficient (Wildman–Crippen LogP) is 2.76. The fourth-order valence-electron chi connectivity index (χ4n) is 1.70. The van der Waals surface area contributed by atoms with E-state index in [4.69, 9.17) is 0 Å². The lowest BCUT2D eigenvalue weighted by atomic mass is 10.2. The van der Waals surface area contributed by atoms with Gasteiger partial charge in [-0.2, -0.15) is 18.3 Å². The molecule has 0 saturated heterocycles. The Morgan fingerprint density at radius 2 is 2.05 bits per heavy atom. The SMILES string of the molecule is CC(C)Cn1ncnc1CNCCCCC(F)(F)F. The van der Waals surface area contributed by atoms with E-state index >= 15 is 0 Å². The largest absolute Gasteiger partial charge is 0.389 e. The molecule has 1 aromatic heterocycles. The first-order valence-electron chi connectivity index (χ1n) is 6.52. The summed E-state index contributed by atoms with van der Waals surface area (Å²) in [5.41, 5.74) is 0. The quantitative estimate of drug-likeness (QED) is 0.744. The van der Waals surface area contributed by atoms with Gasteiger partial charge in [0.1, 0.15) is 12.2 Å². The average Bonchev–Trinajstić information content (AvgIpc) is 2.68. The fraction of sp³-hybridized carbons (Fsp3) is 0.833. The van der Waals surface area contributed by atoms with Gasteiger partial charge in [-0.3, -0.25) is 0 Å². The smallest absolute Gasteiger partial charge is 0.310 e. The molecule has 0 aliphatic rings. The molecule has 19 heavy (non-hydrogen) atoms. The van der Waals surface area contributed by atoms with Gasteiger partial charge >= 0.3 is 6.18 Å². The Labute approximate surface area is 111 Å². The Balaban J connectivity index is 2.17. The highest BCUT2D eigenvalue weighted by atomic mass is 19.4. The van der Waals surface area contributed by atoms with Crippen LogP contribution >= 0.6 is 0 Å². The van der Waals surface area contributed by atoms with Crippen LogP contribution in [0, 0.1) is 5.92 Å². The highest BCUT2D eigenvalue weighted by molar-refractivity contribution is 4.83. The van der Waals surface area contributed by atoms with Crippen molar-refractivity contribution >= 4 is 0 Å². The lowest BCUT2D eigenvalue weighted by molar-refractivity contribution is -0.135. The molecule has 0 spiro atoms. The van der Waals surface area contributed by atoms with Crippen molar-refractivity contribution < 1.29 is 13.2 Å². The minimum atomic E-state index is -4.04. The van der Waals surface area contributed by atoms with Crippen LogP contribution in [0.5, 0.6) is 0 Å². The molecule has 7 heteroatoms. The Hall–Kier alpha value is -1.11. The molecular formula is C12H21F3N4. The molecular weight excluding hydrogens is 257 g/mol. The molecule has 1 heterocycles. The summed E-state index contributed by atoms with van der Waals surface area (Å²) in [5.74, 6) is 1.30. The molecule has 1 aromatic rings. The van der Waals surface area contributed by atoms with Crippen molar-refractivity contribution in [1.82, 2.24) is 20.1 Å². The summed E-state index contributed by atoms with van der Waals surface area (Å²) >= 11 is 0. The van der Waals surface area contributed by atoms with E-state index in [9.17, 15) is 13.2 Å². The molecule has 0 fully saturated rings. The number of halogens is 3. The van der Waals surface area contributed by atoms with Crippen LogP contribution in [0.15, 0.2) is 6.33 Å². The van der Waals surface area contributed by atoms with Gasteiger partial charge in [0.2, 0.25) is 0 Å². The first-order valence-corrected chi connectivity index (χ1v) is 6.52. The molecule has 0 atom stereocenters.